The highest BCUT2D eigenvalue weighted by molar-refractivity contribution is 6.02. The molecule has 1 rings (SSSR count). The second-order valence-corrected chi connectivity index (χ2v) is 2.72. The zero-order valence-electron chi connectivity index (χ0n) is 6.56. The van der Waals surface area contributed by atoms with Crippen LogP contribution in [-0.4, -0.2) is 24.5 Å². The van der Waals surface area contributed by atoms with Crippen molar-refractivity contribution in [3.05, 3.63) is 0 Å². The first-order valence-corrected chi connectivity index (χ1v) is 3.70. The van der Waals surface area contributed by atoms with E-state index >= 15 is 0 Å². The minimum absolute atomic E-state index is 0.0722. The van der Waals surface area contributed by atoms with E-state index in [1.54, 1.807) is 0 Å². The van der Waals surface area contributed by atoms with Crippen LogP contribution in [0, 0.1) is 5.92 Å². The van der Waals surface area contributed by atoms with E-state index in [1.165, 1.54) is 0 Å². The van der Waals surface area contributed by atoms with Gasteiger partial charge in [0.1, 0.15) is 5.92 Å². The van der Waals surface area contributed by atoms with E-state index in [4.69, 9.17) is 0 Å². The molecule has 0 radical (unpaired) electrons. The molecule has 0 aromatic rings. The van der Waals surface area contributed by atoms with Gasteiger partial charge in [0.2, 0.25) is 5.78 Å². The number of esters is 1. The summed E-state index contributed by atoms with van der Waals surface area (Å²) >= 11 is 0. The molecular formula is C7H7F3O3. The molecule has 1 fully saturated rings. The molecule has 1 aliphatic heterocycles. The average molecular weight is 196 g/mol. The summed E-state index contributed by atoms with van der Waals surface area (Å²) in [6.07, 6.45) is -4.71. The van der Waals surface area contributed by atoms with Crippen molar-refractivity contribution in [3.8, 4) is 0 Å². The lowest BCUT2D eigenvalue weighted by Crippen LogP contribution is -2.38. The first-order chi connectivity index (χ1) is 5.93. The summed E-state index contributed by atoms with van der Waals surface area (Å²) in [6, 6.07) is 0. The van der Waals surface area contributed by atoms with Gasteiger partial charge in [-0.2, -0.15) is 13.2 Å². The third-order valence-electron chi connectivity index (χ3n) is 1.76. The summed E-state index contributed by atoms with van der Waals surface area (Å²) in [4.78, 5) is 21.3. The topological polar surface area (TPSA) is 43.4 Å². The van der Waals surface area contributed by atoms with Crippen LogP contribution in [0.15, 0.2) is 0 Å². The summed E-state index contributed by atoms with van der Waals surface area (Å²) in [6.45, 7) is 0.0977. The Hall–Kier alpha value is -1.07. The van der Waals surface area contributed by atoms with Gasteiger partial charge in [-0.3, -0.25) is 9.59 Å². The Morgan fingerprint density at radius 2 is 2.08 bits per heavy atom. The predicted molar refractivity (Wildman–Crippen MR) is 34.7 cm³/mol. The SMILES string of the molecule is O=C1OCCCC1C(=O)C(F)(F)F. The van der Waals surface area contributed by atoms with Crippen molar-refractivity contribution in [1.29, 1.82) is 0 Å². The fourth-order valence-corrected chi connectivity index (χ4v) is 1.11. The predicted octanol–water partition coefficient (Wildman–Crippen LogP) is 1.07. The van der Waals surface area contributed by atoms with Crippen molar-refractivity contribution in [3.63, 3.8) is 0 Å². The highest BCUT2D eigenvalue weighted by Crippen LogP contribution is 2.26. The van der Waals surface area contributed by atoms with Crippen molar-refractivity contribution in [2.24, 2.45) is 5.92 Å². The molecule has 0 spiro atoms. The third-order valence-corrected chi connectivity index (χ3v) is 1.76. The van der Waals surface area contributed by atoms with Crippen LogP contribution in [0.2, 0.25) is 0 Å². The Bertz CT molecular complexity index is 234. The summed E-state index contributed by atoms with van der Waals surface area (Å²) in [5.41, 5.74) is 0. The van der Waals surface area contributed by atoms with Gasteiger partial charge >= 0.3 is 12.1 Å². The maximum Gasteiger partial charge on any atom is 0.450 e. The van der Waals surface area contributed by atoms with E-state index in [0.717, 1.165) is 0 Å². The number of carbonyl (C=O) groups is 2. The van der Waals surface area contributed by atoms with Crippen molar-refractivity contribution < 1.29 is 27.5 Å². The van der Waals surface area contributed by atoms with Crippen LogP contribution in [0.5, 0.6) is 0 Å². The van der Waals surface area contributed by atoms with Crippen LogP contribution in [-0.2, 0) is 14.3 Å². The second kappa shape index (κ2) is 3.35. The highest BCUT2D eigenvalue weighted by atomic mass is 19.4. The Kier molecular flexibility index (Phi) is 2.58. The van der Waals surface area contributed by atoms with Gasteiger partial charge in [0.25, 0.3) is 0 Å². The number of halogens is 3. The number of hydrogen-bond donors (Lipinski definition) is 0. The van der Waals surface area contributed by atoms with Crippen molar-refractivity contribution in [2.75, 3.05) is 6.61 Å². The molecule has 3 nitrogen and oxygen atoms in total. The Morgan fingerprint density at radius 1 is 1.46 bits per heavy atom. The van der Waals surface area contributed by atoms with E-state index in [9.17, 15) is 22.8 Å². The van der Waals surface area contributed by atoms with Gasteiger partial charge in [0.15, 0.2) is 0 Å². The molecule has 13 heavy (non-hydrogen) atoms. The molecule has 0 bridgehead atoms. The summed E-state index contributed by atoms with van der Waals surface area (Å²) in [7, 11) is 0. The fourth-order valence-electron chi connectivity index (χ4n) is 1.11. The lowest BCUT2D eigenvalue weighted by molar-refractivity contribution is -0.183. The molecule has 0 aliphatic carbocycles. The van der Waals surface area contributed by atoms with E-state index in [0.29, 0.717) is 6.42 Å². The van der Waals surface area contributed by atoms with Gasteiger partial charge < -0.3 is 4.74 Å². The monoisotopic (exact) mass is 196 g/mol. The molecule has 1 unspecified atom stereocenters. The number of cyclic esters (lactones) is 1. The second-order valence-electron chi connectivity index (χ2n) is 2.72. The van der Waals surface area contributed by atoms with Crippen LogP contribution < -0.4 is 0 Å². The standard InChI is InChI=1S/C7H7F3O3/c8-7(9,10)5(11)4-2-1-3-13-6(4)12/h4H,1-3H2. The van der Waals surface area contributed by atoms with E-state index in [2.05, 4.69) is 4.74 Å². The summed E-state index contributed by atoms with van der Waals surface area (Å²) in [5, 5.41) is 0. The van der Waals surface area contributed by atoms with Crippen LogP contribution >= 0.6 is 0 Å². The Morgan fingerprint density at radius 3 is 2.54 bits per heavy atom. The molecule has 1 atom stereocenters. The maximum atomic E-state index is 11.8. The number of Topliss-reactive ketones (excluding diaryl/α,β-unsaturated/α-hetero) is 1. The first-order valence-electron chi connectivity index (χ1n) is 3.70. The molecule has 6 heteroatoms. The van der Waals surface area contributed by atoms with Crippen LogP contribution in [0.25, 0.3) is 0 Å². The van der Waals surface area contributed by atoms with Gasteiger partial charge in [0.05, 0.1) is 6.61 Å². The van der Waals surface area contributed by atoms with Crippen LogP contribution in [0.1, 0.15) is 12.8 Å². The van der Waals surface area contributed by atoms with Gasteiger partial charge in [-0.25, -0.2) is 0 Å². The quantitative estimate of drug-likeness (QED) is 0.465. The van der Waals surface area contributed by atoms with Crippen molar-refractivity contribution in [1.82, 2.24) is 0 Å². The summed E-state index contributed by atoms with van der Waals surface area (Å²) in [5.74, 6) is -4.71. The number of ketones is 1. The van der Waals surface area contributed by atoms with Gasteiger partial charge in [-0.1, -0.05) is 0 Å². The van der Waals surface area contributed by atoms with E-state index in [-0.39, 0.29) is 13.0 Å². The lowest BCUT2D eigenvalue weighted by Gasteiger charge is -2.20. The Labute approximate surface area is 71.9 Å². The molecule has 0 N–H and O–H groups in total. The normalized spacial score (nSPS) is 23.9. The molecule has 74 valence electrons. The van der Waals surface area contributed by atoms with Crippen molar-refractivity contribution in [2.45, 2.75) is 19.0 Å². The van der Waals surface area contributed by atoms with Gasteiger partial charge in [-0.05, 0) is 12.8 Å². The van der Waals surface area contributed by atoms with Gasteiger partial charge in [-0.15, -0.1) is 0 Å². The third kappa shape index (κ3) is 2.19. The number of alkyl halides is 3. The summed E-state index contributed by atoms with van der Waals surface area (Å²) < 4.78 is 39.9. The molecule has 1 saturated heterocycles. The van der Waals surface area contributed by atoms with E-state index < -0.39 is 23.8 Å². The molecule has 0 amide bonds. The zero-order valence-corrected chi connectivity index (χ0v) is 6.56. The number of hydrogen-bond acceptors (Lipinski definition) is 3. The maximum absolute atomic E-state index is 11.8. The first kappa shape index (κ1) is 10.0. The average Bonchev–Trinajstić information content (AvgIpc) is 2.02. The molecule has 1 aliphatic rings. The Balaban J connectivity index is 2.70. The molecule has 1 heterocycles. The van der Waals surface area contributed by atoms with Crippen molar-refractivity contribution >= 4 is 11.8 Å². The van der Waals surface area contributed by atoms with Gasteiger partial charge in [0, 0.05) is 0 Å². The lowest BCUT2D eigenvalue weighted by atomic mass is 9.96. The minimum Gasteiger partial charge on any atom is -0.465 e. The molecule has 0 aromatic heterocycles. The number of carbonyl (C=O) groups excluding carboxylic acids is 2. The fraction of sp³-hybridized carbons (Fsp3) is 0.714. The smallest absolute Gasteiger partial charge is 0.450 e. The van der Waals surface area contributed by atoms with Crippen LogP contribution in [0.3, 0.4) is 0 Å². The largest absolute Gasteiger partial charge is 0.465 e. The number of rotatable bonds is 1. The van der Waals surface area contributed by atoms with Crippen LogP contribution in [0.4, 0.5) is 13.2 Å². The van der Waals surface area contributed by atoms with E-state index in [1.807, 2.05) is 0 Å². The molecular weight excluding hydrogens is 189 g/mol. The minimum atomic E-state index is -4.94. The zero-order chi connectivity index (χ0) is 10.1. The highest BCUT2D eigenvalue weighted by Gasteiger charge is 2.47. The molecule has 0 aromatic carbocycles. The molecule has 0 saturated carbocycles. The number of ether oxygens (including phenoxy) is 1.